The first-order chi connectivity index (χ1) is 7.19. The number of rotatable bonds is 6. The van der Waals surface area contributed by atoms with Gasteiger partial charge >= 0.3 is 5.97 Å². The minimum atomic E-state index is -1.14. The molecule has 5 heteroatoms. The molecular weight excluding hydrogens is 196 g/mol. The molecule has 1 aromatic rings. The van der Waals surface area contributed by atoms with E-state index in [1.54, 1.807) is 0 Å². The Morgan fingerprint density at radius 3 is 2.40 bits per heavy atom. The molecule has 0 saturated carbocycles. The van der Waals surface area contributed by atoms with E-state index in [2.05, 4.69) is 24.0 Å². The molecule has 0 aliphatic rings. The Morgan fingerprint density at radius 2 is 2.00 bits per heavy atom. The van der Waals surface area contributed by atoms with Crippen molar-refractivity contribution in [1.82, 2.24) is 10.1 Å². The standard InChI is InChI=1S/C10H16N2O3/c1-3-5-7(6-4-2)9-11-8(10(13)14)12-15-9/h7H,3-6H2,1-2H3,(H,13,14). The molecule has 0 spiro atoms. The highest BCUT2D eigenvalue weighted by molar-refractivity contribution is 5.82. The van der Waals surface area contributed by atoms with Crippen LogP contribution in [0.1, 0.15) is 62.0 Å². The fourth-order valence-corrected chi connectivity index (χ4v) is 1.58. The number of carboxylic acid groups (broad SMARTS) is 1. The third-order valence-corrected chi connectivity index (χ3v) is 2.26. The second kappa shape index (κ2) is 5.48. The van der Waals surface area contributed by atoms with E-state index < -0.39 is 5.97 Å². The Balaban J connectivity index is 2.76. The van der Waals surface area contributed by atoms with Crippen molar-refractivity contribution in [3.8, 4) is 0 Å². The second-order valence-electron chi connectivity index (χ2n) is 3.54. The smallest absolute Gasteiger partial charge is 0.377 e. The van der Waals surface area contributed by atoms with E-state index in [0.29, 0.717) is 5.89 Å². The first-order valence-corrected chi connectivity index (χ1v) is 5.25. The van der Waals surface area contributed by atoms with Crippen LogP contribution in [0, 0.1) is 0 Å². The van der Waals surface area contributed by atoms with Gasteiger partial charge in [-0.3, -0.25) is 0 Å². The summed E-state index contributed by atoms with van der Waals surface area (Å²) in [7, 11) is 0. The zero-order chi connectivity index (χ0) is 11.3. The molecular formula is C10H16N2O3. The predicted molar refractivity (Wildman–Crippen MR) is 53.8 cm³/mol. The van der Waals surface area contributed by atoms with Gasteiger partial charge in [-0.1, -0.05) is 26.7 Å². The van der Waals surface area contributed by atoms with Crippen LogP contribution in [0.5, 0.6) is 0 Å². The fourth-order valence-electron chi connectivity index (χ4n) is 1.58. The average molecular weight is 212 g/mol. The minimum absolute atomic E-state index is 0.195. The van der Waals surface area contributed by atoms with Crippen LogP contribution in [0.25, 0.3) is 0 Å². The van der Waals surface area contributed by atoms with E-state index in [0.717, 1.165) is 25.7 Å². The summed E-state index contributed by atoms with van der Waals surface area (Å²) in [4.78, 5) is 14.4. The Morgan fingerprint density at radius 1 is 1.40 bits per heavy atom. The third-order valence-electron chi connectivity index (χ3n) is 2.26. The third kappa shape index (κ3) is 3.04. The Hall–Kier alpha value is -1.39. The summed E-state index contributed by atoms with van der Waals surface area (Å²) < 4.78 is 4.95. The maximum atomic E-state index is 10.6. The largest absolute Gasteiger partial charge is 0.475 e. The zero-order valence-corrected chi connectivity index (χ0v) is 9.06. The zero-order valence-electron chi connectivity index (χ0n) is 9.06. The average Bonchev–Trinajstić information content (AvgIpc) is 2.66. The van der Waals surface area contributed by atoms with Gasteiger partial charge in [0.25, 0.3) is 5.82 Å². The molecule has 0 aliphatic heterocycles. The number of nitrogens with zero attached hydrogens (tertiary/aromatic N) is 2. The summed E-state index contributed by atoms with van der Waals surface area (Å²) in [6.07, 6.45) is 3.95. The quantitative estimate of drug-likeness (QED) is 0.783. The maximum absolute atomic E-state index is 10.6. The maximum Gasteiger partial charge on any atom is 0.377 e. The highest BCUT2D eigenvalue weighted by atomic mass is 16.5. The molecule has 1 aromatic heterocycles. The van der Waals surface area contributed by atoms with E-state index in [4.69, 9.17) is 9.63 Å². The lowest BCUT2D eigenvalue weighted by Gasteiger charge is -2.08. The first kappa shape index (κ1) is 11.7. The summed E-state index contributed by atoms with van der Waals surface area (Å²) in [5.74, 6) is -0.740. The summed E-state index contributed by atoms with van der Waals surface area (Å²) in [5, 5.41) is 12.1. The highest BCUT2D eigenvalue weighted by Crippen LogP contribution is 2.24. The fraction of sp³-hybridized carbons (Fsp3) is 0.700. The van der Waals surface area contributed by atoms with Gasteiger partial charge in [0.15, 0.2) is 0 Å². The Bertz CT molecular complexity index is 316. The van der Waals surface area contributed by atoms with Crippen molar-refractivity contribution in [3.63, 3.8) is 0 Å². The molecule has 0 aromatic carbocycles. The second-order valence-corrected chi connectivity index (χ2v) is 3.54. The molecule has 1 N–H and O–H groups in total. The number of carboxylic acids is 1. The van der Waals surface area contributed by atoms with Gasteiger partial charge < -0.3 is 9.63 Å². The molecule has 0 radical (unpaired) electrons. The lowest BCUT2D eigenvalue weighted by atomic mass is 9.98. The lowest BCUT2D eigenvalue weighted by molar-refractivity contribution is 0.0680. The lowest BCUT2D eigenvalue weighted by Crippen LogP contribution is -2.02. The summed E-state index contributed by atoms with van der Waals surface area (Å²) in [6.45, 7) is 4.16. The molecule has 0 saturated heterocycles. The number of aromatic carboxylic acids is 1. The number of hydrogen-bond acceptors (Lipinski definition) is 4. The van der Waals surface area contributed by atoms with Crippen molar-refractivity contribution < 1.29 is 14.4 Å². The van der Waals surface area contributed by atoms with Crippen molar-refractivity contribution in [2.45, 2.75) is 45.4 Å². The molecule has 0 atom stereocenters. The van der Waals surface area contributed by atoms with Gasteiger partial charge in [0, 0.05) is 5.92 Å². The molecule has 84 valence electrons. The van der Waals surface area contributed by atoms with Crippen molar-refractivity contribution in [3.05, 3.63) is 11.7 Å². The van der Waals surface area contributed by atoms with Crippen LogP contribution in [0.15, 0.2) is 4.52 Å². The Kier molecular flexibility index (Phi) is 4.27. The van der Waals surface area contributed by atoms with Crippen LogP contribution in [0.3, 0.4) is 0 Å². The van der Waals surface area contributed by atoms with Crippen molar-refractivity contribution >= 4 is 5.97 Å². The molecule has 15 heavy (non-hydrogen) atoms. The predicted octanol–water partition coefficient (Wildman–Crippen LogP) is 2.45. The molecule has 0 amide bonds. The molecule has 1 rings (SSSR count). The molecule has 0 fully saturated rings. The van der Waals surface area contributed by atoms with E-state index in [1.165, 1.54) is 0 Å². The molecule has 1 heterocycles. The number of carbonyl (C=O) groups is 1. The van der Waals surface area contributed by atoms with E-state index in [9.17, 15) is 4.79 Å². The summed E-state index contributed by atoms with van der Waals surface area (Å²) in [6, 6.07) is 0. The topological polar surface area (TPSA) is 76.2 Å². The highest BCUT2D eigenvalue weighted by Gasteiger charge is 2.19. The van der Waals surface area contributed by atoms with Gasteiger partial charge in [-0.25, -0.2) is 4.79 Å². The van der Waals surface area contributed by atoms with Crippen molar-refractivity contribution in [2.24, 2.45) is 0 Å². The number of hydrogen-bond donors (Lipinski definition) is 1. The summed E-state index contributed by atoms with van der Waals surface area (Å²) >= 11 is 0. The van der Waals surface area contributed by atoms with Gasteiger partial charge in [0.05, 0.1) is 0 Å². The number of aromatic nitrogens is 2. The van der Waals surface area contributed by atoms with Gasteiger partial charge in [-0.2, -0.15) is 4.98 Å². The molecule has 0 aliphatic carbocycles. The first-order valence-electron chi connectivity index (χ1n) is 5.25. The van der Waals surface area contributed by atoms with Gasteiger partial charge in [0.2, 0.25) is 5.89 Å². The van der Waals surface area contributed by atoms with Gasteiger partial charge in [-0.05, 0) is 18.0 Å². The van der Waals surface area contributed by atoms with E-state index in [-0.39, 0.29) is 11.7 Å². The van der Waals surface area contributed by atoms with Crippen molar-refractivity contribution in [2.75, 3.05) is 0 Å². The van der Waals surface area contributed by atoms with E-state index >= 15 is 0 Å². The van der Waals surface area contributed by atoms with Gasteiger partial charge in [0.1, 0.15) is 0 Å². The molecule has 0 bridgehead atoms. The minimum Gasteiger partial charge on any atom is -0.475 e. The Labute approximate surface area is 88.5 Å². The monoisotopic (exact) mass is 212 g/mol. The van der Waals surface area contributed by atoms with Crippen LogP contribution in [0.4, 0.5) is 0 Å². The molecule has 0 unspecified atom stereocenters. The SMILES string of the molecule is CCCC(CCC)c1nc(C(=O)O)no1. The molecule has 5 nitrogen and oxygen atoms in total. The van der Waals surface area contributed by atoms with Crippen LogP contribution in [0.2, 0.25) is 0 Å². The van der Waals surface area contributed by atoms with Crippen LogP contribution in [-0.4, -0.2) is 21.2 Å². The normalized spacial score (nSPS) is 10.9. The van der Waals surface area contributed by atoms with E-state index in [1.807, 2.05) is 0 Å². The van der Waals surface area contributed by atoms with Gasteiger partial charge in [-0.15, -0.1) is 0 Å². The van der Waals surface area contributed by atoms with Crippen LogP contribution in [-0.2, 0) is 0 Å². The van der Waals surface area contributed by atoms with Crippen LogP contribution < -0.4 is 0 Å². The van der Waals surface area contributed by atoms with Crippen molar-refractivity contribution in [1.29, 1.82) is 0 Å². The summed E-state index contributed by atoms with van der Waals surface area (Å²) in [5.41, 5.74) is 0. The van der Waals surface area contributed by atoms with Crippen LogP contribution >= 0.6 is 0 Å².